The second-order valence-electron chi connectivity index (χ2n) is 2.91. The molecule has 1 aromatic carbocycles. The normalized spacial score (nSPS) is 11.6. The summed E-state index contributed by atoms with van der Waals surface area (Å²) in [4.78, 5) is 1.32. The maximum absolute atomic E-state index is 11.7. The van der Waals surface area contributed by atoms with Crippen LogP contribution in [0.15, 0.2) is 34.1 Å². The minimum atomic E-state index is -3.31. The Morgan fingerprint density at radius 1 is 1.33 bits per heavy atom. The average molecular weight is 245 g/mol. The van der Waals surface area contributed by atoms with E-state index in [2.05, 4.69) is 4.72 Å². The molecule has 0 aliphatic carbocycles. The van der Waals surface area contributed by atoms with Gasteiger partial charge in [-0.3, -0.25) is 0 Å². The minimum Gasteiger partial charge on any atom is -0.211 e. The van der Waals surface area contributed by atoms with Crippen molar-refractivity contribution < 1.29 is 8.42 Å². The fraction of sp³-hybridized carbons (Fsp3) is 0.400. The van der Waals surface area contributed by atoms with Crippen molar-refractivity contribution in [3.63, 3.8) is 0 Å². The van der Waals surface area contributed by atoms with Crippen LogP contribution < -0.4 is 4.72 Å². The maximum atomic E-state index is 11.7. The molecule has 1 rings (SSSR count). The maximum Gasteiger partial charge on any atom is 0.240 e. The van der Waals surface area contributed by atoms with E-state index in [4.69, 9.17) is 0 Å². The summed E-state index contributed by atoms with van der Waals surface area (Å²) < 4.78 is 25.8. The molecule has 0 aromatic heterocycles. The van der Waals surface area contributed by atoms with Crippen LogP contribution in [0.4, 0.5) is 0 Å². The number of rotatable bonds is 5. The van der Waals surface area contributed by atoms with Gasteiger partial charge in [-0.2, -0.15) is 0 Å². The summed E-state index contributed by atoms with van der Waals surface area (Å²) in [5.41, 5.74) is 0. The summed E-state index contributed by atoms with van der Waals surface area (Å²) in [5.74, 6) is 0.935. The molecule has 0 saturated carbocycles. The van der Waals surface area contributed by atoms with E-state index in [0.717, 1.165) is 10.6 Å². The van der Waals surface area contributed by atoms with E-state index in [0.29, 0.717) is 11.4 Å². The van der Waals surface area contributed by atoms with E-state index in [1.807, 2.05) is 13.0 Å². The van der Waals surface area contributed by atoms with Crippen LogP contribution in [0, 0.1) is 0 Å². The van der Waals surface area contributed by atoms with Crippen molar-refractivity contribution in [1.82, 2.24) is 4.72 Å². The highest BCUT2D eigenvalue weighted by Gasteiger charge is 2.12. The zero-order chi connectivity index (χ0) is 11.3. The monoisotopic (exact) mass is 245 g/mol. The lowest BCUT2D eigenvalue weighted by molar-refractivity contribution is 0.583. The van der Waals surface area contributed by atoms with Gasteiger partial charge in [-0.15, -0.1) is 11.8 Å². The first kappa shape index (κ1) is 12.5. The Morgan fingerprint density at radius 3 is 2.67 bits per heavy atom. The summed E-state index contributed by atoms with van der Waals surface area (Å²) in [6.45, 7) is 4.21. The molecule has 0 heterocycles. The van der Waals surface area contributed by atoms with Crippen molar-refractivity contribution in [3.05, 3.63) is 24.3 Å². The second-order valence-corrected chi connectivity index (χ2v) is 6.01. The molecule has 1 aromatic rings. The molecule has 0 amide bonds. The third kappa shape index (κ3) is 3.52. The molecule has 0 radical (unpaired) electrons. The predicted molar refractivity (Wildman–Crippen MR) is 63.7 cm³/mol. The van der Waals surface area contributed by atoms with Gasteiger partial charge >= 0.3 is 0 Å². The van der Waals surface area contributed by atoms with Crippen LogP contribution in [0.3, 0.4) is 0 Å². The molecule has 1 N–H and O–H groups in total. The van der Waals surface area contributed by atoms with Crippen molar-refractivity contribution in [2.75, 3.05) is 12.3 Å². The van der Waals surface area contributed by atoms with Gasteiger partial charge in [-0.05, 0) is 24.0 Å². The first-order valence-electron chi connectivity index (χ1n) is 4.82. The van der Waals surface area contributed by atoms with Crippen molar-refractivity contribution in [2.24, 2.45) is 0 Å². The summed E-state index contributed by atoms with van der Waals surface area (Å²) >= 11 is 1.63. The Labute approximate surface area is 95.3 Å². The highest BCUT2D eigenvalue weighted by Crippen LogP contribution is 2.20. The summed E-state index contributed by atoms with van der Waals surface area (Å²) in [6.07, 6.45) is 0. The number of benzene rings is 1. The van der Waals surface area contributed by atoms with E-state index in [-0.39, 0.29) is 0 Å². The molecule has 0 unspecified atom stereocenters. The molecule has 0 spiro atoms. The van der Waals surface area contributed by atoms with Crippen LogP contribution >= 0.6 is 11.8 Å². The molecule has 0 saturated heterocycles. The van der Waals surface area contributed by atoms with Gasteiger partial charge in [-0.25, -0.2) is 13.1 Å². The number of thioether (sulfide) groups is 1. The molecule has 0 atom stereocenters. The van der Waals surface area contributed by atoms with E-state index in [1.165, 1.54) is 0 Å². The van der Waals surface area contributed by atoms with Gasteiger partial charge in [0, 0.05) is 11.4 Å². The van der Waals surface area contributed by atoms with E-state index >= 15 is 0 Å². The summed E-state index contributed by atoms with van der Waals surface area (Å²) in [7, 11) is -3.31. The molecule has 0 bridgehead atoms. The highest BCUT2D eigenvalue weighted by molar-refractivity contribution is 7.99. The fourth-order valence-corrected chi connectivity index (χ4v) is 3.05. The van der Waals surface area contributed by atoms with Crippen LogP contribution in [-0.2, 0) is 10.0 Å². The van der Waals surface area contributed by atoms with Crippen molar-refractivity contribution in [1.29, 1.82) is 0 Å². The predicted octanol–water partition coefficient (Wildman–Crippen LogP) is 2.10. The highest BCUT2D eigenvalue weighted by atomic mass is 32.2. The minimum absolute atomic E-state index is 0.336. The van der Waals surface area contributed by atoms with E-state index in [9.17, 15) is 8.42 Å². The molecule has 0 aliphatic heterocycles. The Morgan fingerprint density at radius 2 is 2.07 bits per heavy atom. The van der Waals surface area contributed by atoms with Crippen LogP contribution in [-0.4, -0.2) is 20.7 Å². The Balaban J connectivity index is 2.99. The Bertz CT molecular complexity index is 415. The van der Waals surface area contributed by atoms with Crippen LogP contribution in [0.25, 0.3) is 0 Å². The molecule has 84 valence electrons. The Hall–Kier alpha value is -0.520. The number of sulfonamides is 1. The number of nitrogens with one attached hydrogen (secondary N) is 1. The Kier molecular flexibility index (Phi) is 4.63. The first-order valence-corrected chi connectivity index (χ1v) is 7.29. The molecule has 3 nitrogen and oxygen atoms in total. The van der Waals surface area contributed by atoms with Gasteiger partial charge in [0.25, 0.3) is 0 Å². The van der Waals surface area contributed by atoms with Crippen molar-refractivity contribution in [3.8, 4) is 0 Å². The second kappa shape index (κ2) is 5.53. The van der Waals surface area contributed by atoms with Gasteiger partial charge in [0.1, 0.15) is 0 Å². The van der Waals surface area contributed by atoms with E-state index < -0.39 is 10.0 Å². The number of hydrogen-bond donors (Lipinski definition) is 1. The van der Waals surface area contributed by atoms with Crippen molar-refractivity contribution in [2.45, 2.75) is 23.6 Å². The standard InChI is InChI=1S/C10H15NO2S2/c1-3-11-15(12,13)10-7-5-6-9(8-10)14-4-2/h5-8,11H,3-4H2,1-2H3. The smallest absolute Gasteiger partial charge is 0.211 e. The van der Waals surface area contributed by atoms with Gasteiger partial charge in [0.05, 0.1) is 4.90 Å². The molecule has 0 aliphatic rings. The fourth-order valence-electron chi connectivity index (χ4n) is 1.17. The van der Waals surface area contributed by atoms with Crippen LogP contribution in [0.2, 0.25) is 0 Å². The molecule has 15 heavy (non-hydrogen) atoms. The first-order chi connectivity index (χ1) is 7.10. The SMILES string of the molecule is CCNS(=O)(=O)c1cccc(SCC)c1. The number of hydrogen-bond acceptors (Lipinski definition) is 3. The van der Waals surface area contributed by atoms with Gasteiger partial charge in [0.2, 0.25) is 10.0 Å². The molecule has 5 heteroatoms. The summed E-state index contributed by atoms with van der Waals surface area (Å²) in [6, 6.07) is 6.99. The lowest BCUT2D eigenvalue weighted by atomic mass is 10.4. The van der Waals surface area contributed by atoms with Gasteiger partial charge < -0.3 is 0 Å². The zero-order valence-electron chi connectivity index (χ0n) is 8.86. The topological polar surface area (TPSA) is 46.2 Å². The van der Waals surface area contributed by atoms with E-state index in [1.54, 1.807) is 36.9 Å². The van der Waals surface area contributed by atoms with Crippen LogP contribution in [0.5, 0.6) is 0 Å². The molecular formula is C10H15NO2S2. The van der Waals surface area contributed by atoms with Gasteiger partial charge in [-0.1, -0.05) is 19.9 Å². The largest absolute Gasteiger partial charge is 0.240 e. The lowest BCUT2D eigenvalue weighted by Gasteiger charge is -2.05. The van der Waals surface area contributed by atoms with Crippen LogP contribution in [0.1, 0.15) is 13.8 Å². The third-order valence-corrected chi connectivity index (χ3v) is 4.18. The zero-order valence-corrected chi connectivity index (χ0v) is 10.5. The lowest BCUT2D eigenvalue weighted by Crippen LogP contribution is -2.23. The van der Waals surface area contributed by atoms with Gasteiger partial charge in [0.15, 0.2) is 0 Å². The average Bonchev–Trinajstić information content (AvgIpc) is 2.19. The summed E-state index contributed by atoms with van der Waals surface area (Å²) in [5, 5.41) is 0. The third-order valence-electron chi connectivity index (χ3n) is 1.76. The molecular weight excluding hydrogens is 230 g/mol. The van der Waals surface area contributed by atoms with Crippen molar-refractivity contribution >= 4 is 21.8 Å². The quantitative estimate of drug-likeness (QED) is 0.808. The molecule has 0 fully saturated rings.